The van der Waals surface area contributed by atoms with Crippen LogP contribution in [0.5, 0.6) is 0 Å². The summed E-state index contributed by atoms with van der Waals surface area (Å²) in [5.41, 5.74) is 1.36. The molecule has 0 N–H and O–H groups in total. The maximum absolute atomic E-state index is 10.3. The molecule has 0 aliphatic carbocycles. The van der Waals surface area contributed by atoms with Gasteiger partial charge >= 0.3 is 0 Å². The Morgan fingerprint density at radius 2 is 2.36 bits per heavy atom. The molecule has 6 heteroatoms. The van der Waals surface area contributed by atoms with Gasteiger partial charge in [-0.3, -0.25) is 9.48 Å². The molecule has 0 spiro atoms. The lowest BCUT2D eigenvalue weighted by Crippen LogP contribution is -1.99. The SMILES string of the molecule is Cn1cc(Cn2cc(C=O)nn2)cn1. The number of hydrogen-bond acceptors (Lipinski definition) is 4. The lowest BCUT2D eigenvalue weighted by atomic mass is 10.4. The first-order valence-electron chi connectivity index (χ1n) is 4.11. The number of hydrogen-bond donors (Lipinski definition) is 0. The standard InChI is InChI=1S/C8H9N5O/c1-12-3-7(2-9-12)4-13-5-8(6-14)10-11-13/h2-3,5-6H,4H2,1H3. The molecular weight excluding hydrogens is 182 g/mol. The van der Waals surface area contributed by atoms with Crippen LogP contribution in [0.3, 0.4) is 0 Å². The number of carbonyl (C=O) groups is 1. The predicted molar refractivity (Wildman–Crippen MR) is 47.7 cm³/mol. The van der Waals surface area contributed by atoms with Gasteiger partial charge in [0.15, 0.2) is 6.29 Å². The molecule has 0 radical (unpaired) electrons. The van der Waals surface area contributed by atoms with Crippen LogP contribution in [-0.4, -0.2) is 31.1 Å². The van der Waals surface area contributed by atoms with Gasteiger partial charge in [-0.25, -0.2) is 4.68 Å². The zero-order chi connectivity index (χ0) is 9.97. The van der Waals surface area contributed by atoms with Crippen molar-refractivity contribution in [1.82, 2.24) is 24.8 Å². The highest BCUT2D eigenvalue weighted by Gasteiger charge is 2.01. The molecule has 0 saturated carbocycles. The second-order valence-electron chi connectivity index (χ2n) is 2.98. The van der Waals surface area contributed by atoms with E-state index >= 15 is 0 Å². The van der Waals surface area contributed by atoms with E-state index < -0.39 is 0 Å². The molecular formula is C8H9N5O. The second-order valence-corrected chi connectivity index (χ2v) is 2.98. The summed E-state index contributed by atoms with van der Waals surface area (Å²) in [7, 11) is 1.85. The predicted octanol–water partition coefficient (Wildman–Crippen LogP) is -0.128. The van der Waals surface area contributed by atoms with Crippen LogP contribution in [0.15, 0.2) is 18.6 Å². The van der Waals surface area contributed by atoms with Gasteiger partial charge in [0.1, 0.15) is 5.69 Å². The molecule has 6 nitrogen and oxygen atoms in total. The van der Waals surface area contributed by atoms with Crippen molar-refractivity contribution in [3.05, 3.63) is 29.8 Å². The molecule has 0 fully saturated rings. The van der Waals surface area contributed by atoms with Crippen LogP contribution in [0.2, 0.25) is 0 Å². The molecule has 0 aliphatic rings. The van der Waals surface area contributed by atoms with Crippen LogP contribution in [0.4, 0.5) is 0 Å². The van der Waals surface area contributed by atoms with Crippen LogP contribution >= 0.6 is 0 Å². The minimum absolute atomic E-state index is 0.342. The Labute approximate surface area is 80.1 Å². The third-order valence-corrected chi connectivity index (χ3v) is 1.78. The van der Waals surface area contributed by atoms with Crippen molar-refractivity contribution < 1.29 is 4.79 Å². The topological polar surface area (TPSA) is 65.6 Å². The van der Waals surface area contributed by atoms with Crippen molar-refractivity contribution in [2.24, 2.45) is 7.05 Å². The second kappa shape index (κ2) is 3.41. The van der Waals surface area contributed by atoms with Gasteiger partial charge in [-0.15, -0.1) is 5.10 Å². The molecule has 2 heterocycles. The van der Waals surface area contributed by atoms with E-state index in [9.17, 15) is 4.79 Å². The first kappa shape index (κ1) is 8.61. The molecule has 2 aromatic rings. The maximum atomic E-state index is 10.3. The monoisotopic (exact) mass is 191 g/mol. The van der Waals surface area contributed by atoms with Crippen LogP contribution in [0.25, 0.3) is 0 Å². The highest BCUT2D eigenvalue weighted by molar-refractivity contribution is 5.70. The summed E-state index contributed by atoms with van der Waals surface area (Å²) < 4.78 is 3.31. The molecule has 0 unspecified atom stereocenters. The number of rotatable bonds is 3. The Balaban J connectivity index is 2.14. The Hall–Kier alpha value is -1.98. The highest BCUT2D eigenvalue weighted by Crippen LogP contribution is 1.99. The minimum atomic E-state index is 0.342. The van der Waals surface area contributed by atoms with Crippen LogP contribution in [-0.2, 0) is 13.6 Å². The van der Waals surface area contributed by atoms with Crippen molar-refractivity contribution in [2.45, 2.75) is 6.54 Å². The fourth-order valence-corrected chi connectivity index (χ4v) is 1.19. The maximum Gasteiger partial charge on any atom is 0.171 e. The molecule has 2 aromatic heterocycles. The molecule has 72 valence electrons. The third kappa shape index (κ3) is 1.68. The molecule has 0 aliphatic heterocycles. The van der Waals surface area contributed by atoms with Crippen LogP contribution in [0, 0.1) is 0 Å². The van der Waals surface area contributed by atoms with Crippen molar-refractivity contribution in [3.8, 4) is 0 Å². The van der Waals surface area contributed by atoms with Crippen molar-refractivity contribution in [2.75, 3.05) is 0 Å². The molecule has 0 bridgehead atoms. The summed E-state index contributed by atoms with van der Waals surface area (Å²) >= 11 is 0. The fraction of sp³-hybridized carbons (Fsp3) is 0.250. The number of aryl methyl sites for hydroxylation is 1. The average molecular weight is 191 g/mol. The number of aldehydes is 1. The van der Waals surface area contributed by atoms with Gasteiger partial charge < -0.3 is 0 Å². The average Bonchev–Trinajstić information content (AvgIpc) is 2.76. The van der Waals surface area contributed by atoms with E-state index in [1.807, 2.05) is 13.2 Å². The van der Waals surface area contributed by atoms with Gasteiger partial charge in [-0.2, -0.15) is 5.10 Å². The summed E-state index contributed by atoms with van der Waals surface area (Å²) in [5, 5.41) is 11.5. The Morgan fingerprint density at radius 3 is 2.93 bits per heavy atom. The Morgan fingerprint density at radius 1 is 1.50 bits per heavy atom. The molecule has 14 heavy (non-hydrogen) atoms. The van der Waals surface area contributed by atoms with E-state index in [1.165, 1.54) is 0 Å². The van der Waals surface area contributed by atoms with E-state index in [2.05, 4.69) is 15.4 Å². The van der Waals surface area contributed by atoms with Gasteiger partial charge in [0.25, 0.3) is 0 Å². The van der Waals surface area contributed by atoms with E-state index in [4.69, 9.17) is 0 Å². The summed E-state index contributed by atoms with van der Waals surface area (Å²) in [6.45, 7) is 0.578. The normalized spacial score (nSPS) is 10.4. The van der Waals surface area contributed by atoms with Gasteiger partial charge in [0.2, 0.25) is 0 Å². The van der Waals surface area contributed by atoms with Gasteiger partial charge in [0, 0.05) is 18.8 Å². The number of carbonyl (C=O) groups excluding carboxylic acids is 1. The lowest BCUT2D eigenvalue weighted by Gasteiger charge is -1.94. The number of nitrogens with zero attached hydrogens (tertiary/aromatic N) is 5. The zero-order valence-electron chi connectivity index (χ0n) is 7.66. The van der Waals surface area contributed by atoms with Gasteiger partial charge in [-0.1, -0.05) is 5.21 Å². The van der Waals surface area contributed by atoms with E-state index in [-0.39, 0.29) is 0 Å². The van der Waals surface area contributed by atoms with Gasteiger partial charge in [0.05, 0.1) is 18.9 Å². The highest BCUT2D eigenvalue weighted by atomic mass is 16.1. The summed E-state index contributed by atoms with van der Waals surface area (Å²) in [6.07, 6.45) is 5.91. The fourth-order valence-electron chi connectivity index (χ4n) is 1.19. The first-order chi connectivity index (χ1) is 6.78. The van der Waals surface area contributed by atoms with E-state index in [0.29, 0.717) is 18.5 Å². The minimum Gasteiger partial charge on any atom is -0.296 e. The largest absolute Gasteiger partial charge is 0.296 e. The Bertz CT molecular complexity index is 444. The molecule has 2 rings (SSSR count). The molecule has 0 amide bonds. The molecule has 0 atom stereocenters. The van der Waals surface area contributed by atoms with Crippen molar-refractivity contribution >= 4 is 6.29 Å². The zero-order valence-corrected chi connectivity index (χ0v) is 7.66. The Kier molecular flexibility index (Phi) is 2.10. The van der Waals surface area contributed by atoms with E-state index in [1.54, 1.807) is 21.8 Å². The molecule has 0 aromatic carbocycles. The van der Waals surface area contributed by atoms with Gasteiger partial charge in [-0.05, 0) is 0 Å². The summed E-state index contributed by atoms with van der Waals surface area (Å²) in [5.74, 6) is 0. The van der Waals surface area contributed by atoms with Crippen LogP contribution in [0.1, 0.15) is 16.1 Å². The van der Waals surface area contributed by atoms with Crippen molar-refractivity contribution in [1.29, 1.82) is 0 Å². The summed E-state index contributed by atoms with van der Waals surface area (Å²) in [4.78, 5) is 10.3. The number of aromatic nitrogens is 5. The van der Waals surface area contributed by atoms with Crippen LogP contribution < -0.4 is 0 Å². The smallest absolute Gasteiger partial charge is 0.171 e. The quantitative estimate of drug-likeness (QED) is 0.634. The van der Waals surface area contributed by atoms with E-state index in [0.717, 1.165) is 5.56 Å². The lowest BCUT2D eigenvalue weighted by molar-refractivity contribution is 0.111. The third-order valence-electron chi connectivity index (χ3n) is 1.78. The first-order valence-corrected chi connectivity index (χ1v) is 4.11. The summed E-state index contributed by atoms with van der Waals surface area (Å²) in [6, 6.07) is 0. The van der Waals surface area contributed by atoms with Crippen molar-refractivity contribution in [3.63, 3.8) is 0 Å². The molecule has 0 saturated heterocycles.